The molecule has 2 aliphatic rings. The number of hydrogen-bond acceptors (Lipinski definition) is 5. The van der Waals surface area contributed by atoms with Crippen LogP contribution in [0, 0.1) is 0 Å². The Hall–Kier alpha value is -2.30. The summed E-state index contributed by atoms with van der Waals surface area (Å²) in [5, 5.41) is 7.65. The van der Waals surface area contributed by atoms with Gasteiger partial charge in [-0.3, -0.25) is 9.80 Å². The third-order valence-corrected chi connectivity index (χ3v) is 2.68. The second kappa shape index (κ2) is 4.18. The summed E-state index contributed by atoms with van der Waals surface area (Å²) in [6, 6.07) is 7.62. The summed E-state index contributed by atoms with van der Waals surface area (Å²) in [6.07, 6.45) is 1.70. The quantitative estimate of drug-likeness (QED) is 0.739. The SMILES string of the molecule is CC(=O)CN1C=C2OCOC2=c2ccccc2=N1. The minimum atomic E-state index is 0.0375. The second-order valence-electron chi connectivity index (χ2n) is 4.15. The van der Waals surface area contributed by atoms with Gasteiger partial charge in [-0.2, -0.15) is 5.10 Å². The Morgan fingerprint density at radius 3 is 3.06 bits per heavy atom. The first-order valence-corrected chi connectivity index (χ1v) is 5.66. The number of carbonyl (C=O) groups is 1. The molecule has 0 spiro atoms. The number of benzene rings is 1. The van der Waals surface area contributed by atoms with E-state index in [2.05, 4.69) is 5.10 Å². The monoisotopic (exact) mass is 244 g/mol. The zero-order valence-corrected chi connectivity index (χ0v) is 9.92. The van der Waals surface area contributed by atoms with E-state index >= 15 is 0 Å². The number of ether oxygens (including phenoxy) is 2. The fourth-order valence-electron chi connectivity index (χ4n) is 1.96. The van der Waals surface area contributed by atoms with Gasteiger partial charge in [0.05, 0.1) is 18.1 Å². The maximum atomic E-state index is 11.2. The molecule has 0 radical (unpaired) electrons. The summed E-state index contributed by atoms with van der Waals surface area (Å²) in [5.74, 6) is 1.33. The molecule has 0 saturated carbocycles. The van der Waals surface area contributed by atoms with Crippen molar-refractivity contribution in [2.45, 2.75) is 6.92 Å². The summed E-state index contributed by atoms with van der Waals surface area (Å²) < 4.78 is 10.9. The summed E-state index contributed by atoms with van der Waals surface area (Å²) in [6.45, 7) is 1.94. The average Bonchev–Trinajstić information content (AvgIpc) is 2.72. The first-order chi connectivity index (χ1) is 8.74. The molecule has 0 aromatic heterocycles. The predicted molar refractivity (Wildman–Crippen MR) is 63.1 cm³/mol. The minimum absolute atomic E-state index is 0.0375. The van der Waals surface area contributed by atoms with Gasteiger partial charge in [0, 0.05) is 5.22 Å². The Kier molecular flexibility index (Phi) is 2.51. The molecule has 1 aromatic rings. The molecule has 0 unspecified atom stereocenters. The van der Waals surface area contributed by atoms with Crippen LogP contribution in [0.4, 0.5) is 0 Å². The maximum Gasteiger partial charge on any atom is 0.231 e. The lowest BCUT2D eigenvalue weighted by Crippen LogP contribution is -2.29. The van der Waals surface area contributed by atoms with Gasteiger partial charge in [0.25, 0.3) is 0 Å². The van der Waals surface area contributed by atoms with E-state index < -0.39 is 0 Å². The molecule has 92 valence electrons. The van der Waals surface area contributed by atoms with Gasteiger partial charge < -0.3 is 9.47 Å². The molecule has 1 saturated heterocycles. The highest BCUT2D eigenvalue weighted by Crippen LogP contribution is 2.22. The predicted octanol–water partition coefficient (Wildman–Crippen LogP) is 0.0797. The largest absolute Gasteiger partial charge is 0.453 e. The van der Waals surface area contributed by atoms with Gasteiger partial charge in [-0.05, 0) is 19.1 Å². The van der Waals surface area contributed by atoms with Crippen molar-refractivity contribution in [2.24, 2.45) is 5.10 Å². The van der Waals surface area contributed by atoms with E-state index in [9.17, 15) is 4.79 Å². The van der Waals surface area contributed by atoms with Crippen LogP contribution in [0.25, 0.3) is 5.76 Å². The number of fused-ring (bicyclic) bond motifs is 2. The molecule has 0 bridgehead atoms. The number of carbonyl (C=O) groups excluding carboxylic acids is 1. The smallest absolute Gasteiger partial charge is 0.231 e. The van der Waals surface area contributed by atoms with Crippen LogP contribution in [0.1, 0.15) is 6.92 Å². The normalized spacial score (nSPS) is 16.6. The van der Waals surface area contributed by atoms with Crippen molar-refractivity contribution in [1.82, 2.24) is 5.01 Å². The molecule has 2 aliphatic heterocycles. The van der Waals surface area contributed by atoms with E-state index in [0.717, 1.165) is 10.6 Å². The van der Waals surface area contributed by atoms with Crippen molar-refractivity contribution in [3.8, 4) is 0 Å². The van der Waals surface area contributed by atoms with E-state index in [-0.39, 0.29) is 19.1 Å². The Morgan fingerprint density at radius 1 is 1.39 bits per heavy atom. The Balaban J connectivity index is 2.20. The van der Waals surface area contributed by atoms with Gasteiger partial charge >= 0.3 is 0 Å². The Labute approximate surface area is 104 Å². The number of Topliss-reactive ketones (excluding diaryl/α,β-unsaturated/α-hetero) is 1. The molecule has 2 heterocycles. The Bertz CT molecular complexity index is 648. The van der Waals surface area contributed by atoms with Crippen LogP contribution in [0.3, 0.4) is 0 Å². The molecule has 5 heteroatoms. The van der Waals surface area contributed by atoms with Crippen LogP contribution in [0.5, 0.6) is 0 Å². The van der Waals surface area contributed by atoms with Gasteiger partial charge in [0.2, 0.25) is 6.79 Å². The lowest BCUT2D eigenvalue weighted by molar-refractivity contribution is -0.117. The van der Waals surface area contributed by atoms with E-state index in [1.807, 2.05) is 24.3 Å². The highest BCUT2D eigenvalue weighted by atomic mass is 16.7. The fourth-order valence-corrected chi connectivity index (χ4v) is 1.96. The van der Waals surface area contributed by atoms with Crippen molar-refractivity contribution in [1.29, 1.82) is 0 Å². The van der Waals surface area contributed by atoms with Gasteiger partial charge in [-0.1, -0.05) is 12.1 Å². The van der Waals surface area contributed by atoms with Crippen LogP contribution in [-0.2, 0) is 14.3 Å². The van der Waals surface area contributed by atoms with E-state index in [0.29, 0.717) is 11.5 Å². The number of rotatable bonds is 2. The highest BCUT2D eigenvalue weighted by Gasteiger charge is 2.21. The van der Waals surface area contributed by atoms with E-state index in [1.165, 1.54) is 6.92 Å². The molecule has 5 nitrogen and oxygen atoms in total. The van der Waals surface area contributed by atoms with Crippen LogP contribution in [0.15, 0.2) is 41.3 Å². The zero-order valence-electron chi connectivity index (χ0n) is 9.92. The van der Waals surface area contributed by atoms with E-state index in [4.69, 9.17) is 9.47 Å². The van der Waals surface area contributed by atoms with Gasteiger partial charge in [-0.15, -0.1) is 0 Å². The third-order valence-electron chi connectivity index (χ3n) is 2.68. The van der Waals surface area contributed by atoms with Crippen LogP contribution >= 0.6 is 0 Å². The summed E-state index contributed by atoms with van der Waals surface area (Å²) >= 11 is 0. The van der Waals surface area contributed by atoms with E-state index in [1.54, 1.807) is 11.2 Å². The molecule has 0 N–H and O–H groups in total. The molecule has 3 rings (SSSR count). The molecule has 18 heavy (non-hydrogen) atoms. The molecular formula is C13H12N2O3. The molecule has 1 aromatic carbocycles. The summed E-state index contributed by atoms with van der Waals surface area (Å²) in [5.41, 5.74) is 0. The molecule has 0 aliphatic carbocycles. The van der Waals surface area contributed by atoms with Gasteiger partial charge in [0.15, 0.2) is 17.3 Å². The number of ketones is 1. The van der Waals surface area contributed by atoms with Crippen LogP contribution in [0.2, 0.25) is 0 Å². The lowest BCUT2D eigenvalue weighted by atomic mass is 10.2. The van der Waals surface area contributed by atoms with Crippen molar-refractivity contribution in [3.63, 3.8) is 0 Å². The molecule has 1 fully saturated rings. The van der Waals surface area contributed by atoms with Gasteiger partial charge in [0.1, 0.15) is 0 Å². The van der Waals surface area contributed by atoms with Crippen molar-refractivity contribution in [2.75, 3.05) is 13.3 Å². The maximum absolute atomic E-state index is 11.2. The van der Waals surface area contributed by atoms with Crippen molar-refractivity contribution < 1.29 is 14.3 Å². The van der Waals surface area contributed by atoms with Gasteiger partial charge in [-0.25, -0.2) is 0 Å². The zero-order chi connectivity index (χ0) is 12.5. The average molecular weight is 244 g/mol. The number of hydrogen-bond donors (Lipinski definition) is 0. The third kappa shape index (κ3) is 1.84. The molecule has 0 amide bonds. The standard InChI is InChI=1S/C13H12N2O3/c1-9(16)6-15-7-12-13(18-8-17-12)10-4-2-3-5-11(10)14-15/h2-5,7H,6,8H2,1H3. The van der Waals surface area contributed by atoms with Crippen LogP contribution in [-0.4, -0.2) is 24.1 Å². The van der Waals surface area contributed by atoms with Crippen LogP contribution < -0.4 is 10.6 Å². The second-order valence-corrected chi connectivity index (χ2v) is 4.15. The van der Waals surface area contributed by atoms with Crippen molar-refractivity contribution in [3.05, 3.63) is 46.8 Å². The summed E-state index contributed by atoms with van der Waals surface area (Å²) in [7, 11) is 0. The molecule has 0 atom stereocenters. The molecular weight excluding hydrogens is 232 g/mol. The highest BCUT2D eigenvalue weighted by molar-refractivity contribution is 5.77. The van der Waals surface area contributed by atoms with Crippen molar-refractivity contribution >= 4 is 11.5 Å². The Morgan fingerprint density at radius 2 is 2.22 bits per heavy atom. The number of nitrogens with zero attached hydrogens (tertiary/aromatic N) is 2. The fraction of sp³-hybridized carbons (Fsp3) is 0.231. The minimum Gasteiger partial charge on any atom is -0.453 e. The topological polar surface area (TPSA) is 51.1 Å². The lowest BCUT2D eigenvalue weighted by Gasteiger charge is -2.11. The first kappa shape index (κ1) is 10.8. The first-order valence-electron chi connectivity index (χ1n) is 5.66. The summed E-state index contributed by atoms with van der Waals surface area (Å²) in [4.78, 5) is 11.2.